The van der Waals surface area contributed by atoms with Crippen molar-refractivity contribution in [1.82, 2.24) is 5.48 Å². The fourth-order valence-electron chi connectivity index (χ4n) is 0.482. The second kappa shape index (κ2) is 2.15. The zero-order valence-corrected chi connectivity index (χ0v) is 4.13. The standard InChI is InChI=1S/C3H5BNO3/c6-3(7)2-4-1-8-5-2/h2,5H,1H2,(H,6,7)/t2-/m1/s1. The third-order valence-electron chi connectivity index (χ3n) is 0.892. The van der Waals surface area contributed by atoms with E-state index in [1.807, 2.05) is 0 Å². The van der Waals surface area contributed by atoms with Crippen LogP contribution in [-0.4, -0.2) is 30.8 Å². The minimum Gasteiger partial charge on any atom is -0.481 e. The normalized spacial score (nSPS) is 27.2. The highest BCUT2D eigenvalue weighted by molar-refractivity contribution is 6.44. The van der Waals surface area contributed by atoms with Crippen LogP contribution in [0.3, 0.4) is 0 Å². The molecule has 0 spiro atoms. The second-order valence-corrected chi connectivity index (χ2v) is 1.48. The number of hydrogen-bond donors (Lipinski definition) is 2. The van der Waals surface area contributed by atoms with Crippen molar-refractivity contribution in [2.24, 2.45) is 0 Å². The van der Waals surface area contributed by atoms with Crippen LogP contribution in [0.4, 0.5) is 0 Å². The lowest BCUT2D eigenvalue weighted by Crippen LogP contribution is -2.33. The topological polar surface area (TPSA) is 58.6 Å². The van der Waals surface area contributed by atoms with E-state index in [1.54, 1.807) is 7.28 Å². The Morgan fingerprint density at radius 2 is 2.75 bits per heavy atom. The highest BCUT2D eigenvalue weighted by Gasteiger charge is 2.23. The van der Waals surface area contributed by atoms with Crippen molar-refractivity contribution < 1.29 is 14.7 Å². The van der Waals surface area contributed by atoms with Crippen molar-refractivity contribution in [2.75, 3.05) is 6.51 Å². The average molecular weight is 114 g/mol. The fraction of sp³-hybridized carbons (Fsp3) is 0.667. The zero-order valence-electron chi connectivity index (χ0n) is 4.13. The van der Waals surface area contributed by atoms with Crippen LogP contribution in [0.25, 0.3) is 0 Å². The second-order valence-electron chi connectivity index (χ2n) is 1.48. The van der Waals surface area contributed by atoms with Crippen molar-refractivity contribution >= 4 is 13.2 Å². The van der Waals surface area contributed by atoms with Gasteiger partial charge in [-0.15, -0.1) is 0 Å². The molecule has 1 aliphatic rings. The van der Waals surface area contributed by atoms with E-state index in [9.17, 15) is 4.79 Å². The van der Waals surface area contributed by atoms with Gasteiger partial charge in [0.2, 0.25) is 0 Å². The molecule has 1 radical (unpaired) electrons. The number of aliphatic carboxylic acids is 1. The Balaban J connectivity index is 2.35. The van der Waals surface area contributed by atoms with Crippen LogP contribution in [0.1, 0.15) is 0 Å². The lowest BCUT2D eigenvalue weighted by molar-refractivity contribution is -0.139. The van der Waals surface area contributed by atoms with E-state index in [1.165, 1.54) is 0 Å². The molecule has 1 rings (SSSR count). The summed E-state index contributed by atoms with van der Waals surface area (Å²) in [6, 6.07) is 0. The summed E-state index contributed by atoms with van der Waals surface area (Å²) in [6.45, 7) is 0.372. The maximum atomic E-state index is 10.0. The Kier molecular flexibility index (Phi) is 1.50. The average Bonchev–Trinajstić information content (AvgIpc) is 2.12. The molecule has 1 heterocycles. The van der Waals surface area contributed by atoms with E-state index in [4.69, 9.17) is 5.11 Å². The van der Waals surface area contributed by atoms with Gasteiger partial charge in [-0.2, -0.15) is 5.48 Å². The predicted octanol–water partition coefficient (Wildman–Crippen LogP) is -1.41. The molecule has 4 nitrogen and oxygen atoms in total. The maximum Gasteiger partial charge on any atom is 0.314 e. The van der Waals surface area contributed by atoms with Crippen molar-refractivity contribution in [1.29, 1.82) is 0 Å². The lowest BCUT2D eigenvalue weighted by Gasteiger charge is -1.97. The van der Waals surface area contributed by atoms with E-state index < -0.39 is 11.9 Å². The minimum absolute atomic E-state index is 0.372. The van der Waals surface area contributed by atoms with Crippen molar-refractivity contribution in [3.05, 3.63) is 0 Å². The number of rotatable bonds is 1. The largest absolute Gasteiger partial charge is 0.481 e. The molecule has 8 heavy (non-hydrogen) atoms. The molecule has 0 bridgehead atoms. The van der Waals surface area contributed by atoms with Crippen molar-refractivity contribution in [3.63, 3.8) is 0 Å². The zero-order chi connectivity index (χ0) is 5.98. The molecular formula is C3H5BNO3. The summed E-state index contributed by atoms with van der Waals surface area (Å²) in [4.78, 5) is 14.6. The van der Waals surface area contributed by atoms with Gasteiger partial charge < -0.3 is 9.94 Å². The molecule has 2 N–H and O–H groups in total. The van der Waals surface area contributed by atoms with Gasteiger partial charge in [-0.3, -0.25) is 4.79 Å². The van der Waals surface area contributed by atoms with E-state index in [2.05, 4.69) is 10.3 Å². The highest BCUT2D eigenvalue weighted by atomic mass is 16.7. The first-order valence-electron chi connectivity index (χ1n) is 2.24. The first-order chi connectivity index (χ1) is 3.80. The Labute approximate surface area is 47.0 Å². The van der Waals surface area contributed by atoms with Gasteiger partial charge in [0.1, 0.15) is 0 Å². The summed E-state index contributed by atoms with van der Waals surface area (Å²) in [6.07, 6.45) is 0. The van der Waals surface area contributed by atoms with Gasteiger partial charge in [0.05, 0.1) is 5.94 Å². The number of carbonyl (C=O) groups is 1. The highest BCUT2D eigenvalue weighted by Crippen LogP contribution is 1.88. The third-order valence-corrected chi connectivity index (χ3v) is 0.892. The smallest absolute Gasteiger partial charge is 0.314 e. The van der Waals surface area contributed by atoms with Crippen LogP contribution < -0.4 is 5.48 Å². The first-order valence-corrected chi connectivity index (χ1v) is 2.24. The Morgan fingerprint density at radius 1 is 2.00 bits per heavy atom. The Hall–Kier alpha value is -0.545. The lowest BCUT2D eigenvalue weighted by atomic mass is 9.72. The van der Waals surface area contributed by atoms with Crippen LogP contribution in [0.2, 0.25) is 0 Å². The summed E-state index contributed by atoms with van der Waals surface area (Å²) in [5, 5.41) is 8.24. The van der Waals surface area contributed by atoms with Crippen LogP contribution in [0.5, 0.6) is 0 Å². The van der Waals surface area contributed by atoms with E-state index >= 15 is 0 Å². The number of carboxylic acids is 1. The molecule has 0 aliphatic carbocycles. The Bertz CT molecular complexity index is 101. The summed E-state index contributed by atoms with van der Waals surface area (Å²) >= 11 is 0. The van der Waals surface area contributed by atoms with Gasteiger partial charge in [-0.25, -0.2) is 0 Å². The molecule has 5 heteroatoms. The van der Waals surface area contributed by atoms with Crippen molar-refractivity contribution in [3.8, 4) is 0 Å². The first kappa shape index (κ1) is 5.59. The molecule has 0 amide bonds. The number of hydrogen-bond acceptors (Lipinski definition) is 3. The number of hydroxylamine groups is 1. The van der Waals surface area contributed by atoms with Gasteiger partial charge in [0.25, 0.3) is 0 Å². The SMILES string of the molecule is O=C(O)[C@@H]1[B]CON1. The molecule has 1 atom stereocenters. The third kappa shape index (κ3) is 0.990. The summed E-state index contributed by atoms with van der Waals surface area (Å²) in [5.74, 6) is -1.52. The molecule has 1 saturated heterocycles. The summed E-state index contributed by atoms with van der Waals surface area (Å²) < 4.78 is 0. The molecule has 1 fully saturated rings. The monoisotopic (exact) mass is 114 g/mol. The summed E-state index contributed by atoms with van der Waals surface area (Å²) in [7, 11) is 1.54. The van der Waals surface area contributed by atoms with Crippen LogP contribution in [0.15, 0.2) is 0 Å². The van der Waals surface area contributed by atoms with Gasteiger partial charge in [-0.05, 0) is 0 Å². The number of nitrogens with one attached hydrogen (secondary N) is 1. The molecule has 1 aliphatic heterocycles. The van der Waals surface area contributed by atoms with Crippen LogP contribution >= 0.6 is 0 Å². The van der Waals surface area contributed by atoms with Crippen molar-refractivity contribution in [2.45, 2.75) is 5.94 Å². The van der Waals surface area contributed by atoms with Gasteiger partial charge in [0, 0.05) is 6.51 Å². The molecule has 0 aromatic rings. The van der Waals surface area contributed by atoms with Gasteiger partial charge >= 0.3 is 5.97 Å². The maximum absolute atomic E-state index is 10.0. The quantitative estimate of drug-likeness (QED) is 0.411. The van der Waals surface area contributed by atoms with Gasteiger partial charge in [0.15, 0.2) is 7.28 Å². The molecule has 0 aromatic heterocycles. The molecule has 0 aromatic carbocycles. The van der Waals surface area contributed by atoms with E-state index in [0.29, 0.717) is 6.51 Å². The van der Waals surface area contributed by atoms with Crippen LogP contribution in [-0.2, 0) is 9.63 Å². The Morgan fingerprint density at radius 3 is 3.00 bits per heavy atom. The number of carboxylic acid groups (broad SMARTS) is 1. The molecule has 0 unspecified atom stereocenters. The predicted molar refractivity (Wildman–Crippen MR) is 26.3 cm³/mol. The summed E-state index contributed by atoms with van der Waals surface area (Å²) in [5.41, 5.74) is 2.30. The van der Waals surface area contributed by atoms with E-state index in [0.717, 1.165) is 0 Å². The van der Waals surface area contributed by atoms with Crippen LogP contribution in [0, 0.1) is 0 Å². The molecular weight excluding hydrogens is 109 g/mol. The van der Waals surface area contributed by atoms with Gasteiger partial charge in [-0.1, -0.05) is 0 Å². The fourth-order valence-corrected chi connectivity index (χ4v) is 0.482. The molecule has 0 saturated carbocycles. The van der Waals surface area contributed by atoms with E-state index in [-0.39, 0.29) is 0 Å². The molecule has 43 valence electrons. The minimum atomic E-state index is -0.900.